The van der Waals surface area contributed by atoms with Crippen LogP contribution in [0.4, 0.5) is 10.5 Å². The third-order valence-electron chi connectivity index (χ3n) is 4.89. The van der Waals surface area contributed by atoms with Crippen LogP contribution in [-0.2, 0) is 14.2 Å². The number of nitrogens with zero attached hydrogens (tertiary/aromatic N) is 1. The van der Waals surface area contributed by atoms with Gasteiger partial charge in [0.05, 0.1) is 32.1 Å². The number of anilines is 1. The molecule has 1 aliphatic heterocycles. The van der Waals surface area contributed by atoms with Gasteiger partial charge in [0.2, 0.25) is 0 Å². The predicted octanol–water partition coefficient (Wildman–Crippen LogP) is 3.86. The molecule has 1 aromatic carbocycles. The molecule has 0 aromatic heterocycles. The van der Waals surface area contributed by atoms with E-state index in [0.29, 0.717) is 31.4 Å². The average molecular weight is 380 g/mol. The van der Waals surface area contributed by atoms with Gasteiger partial charge in [-0.05, 0) is 51.0 Å². The first-order chi connectivity index (χ1) is 13.0. The van der Waals surface area contributed by atoms with E-state index >= 15 is 0 Å². The zero-order chi connectivity index (χ0) is 19.7. The van der Waals surface area contributed by atoms with Crippen molar-refractivity contribution in [3.63, 3.8) is 0 Å². The Kier molecular flexibility index (Phi) is 8.34. The second-order valence-electron chi connectivity index (χ2n) is 6.87. The molecule has 1 fully saturated rings. The third-order valence-corrected chi connectivity index (χ3v) is 4.89. The molecule has 0 spiro atoms. The normalized spacial score (nSPS) is 16.7. The quantitative estimate of drug-likeness (QED) is 0.287. The van der Waals surface area contributed by atoms with Crippen LogP contribution in [0.2, 0.25) is 0 Å². The lowest BCUT2D eigenvalue weighted by atomic mass is 9.95. The van der Waals surface area contributed by atoms with Gasteiger partial charge in [0, 0.05) is 5.92 Å². The fourth-order valence-corrected chi connectivity index (χ4v) is 3.00. The SMILES string of the molecule is CCOC(=O)N(N)c1ccc(OCCCCCC(C)C2(C)OCCO2)cc1. The molecule has 7 nitrogen and oxygen atoms in total. The van der Waals surface area contributed by atoms with E-state index in [2.05, 4.69) is 6.92 Å². The topological polar surface area (TPSA) is 83.3 Å². The molecule has 27 heavy (non-hydrogen) atoms. The lowest BCUT2D eigenvalue weighted by Gasteiger charge is -2.29. The highest BCUT2D eigenvalue weighted by molar-refractivity contribution is 5.86. The van der Waals surface area contributed by atoms with Gasteiger partial charge in [-0.1, -0.05) is 19.8 Å². The maximum absolute atomic E-state index is 11.6. The number of carbonyl (C=O) groups is 1. The molecule has 1 heterocycles. The van der Waals surface area contributed by atoms with E-state index in [1.807, 2.05) is 6.92 Å². The fraction of sp³-hybridized carbons (Fsp3) is 0.650. The summed E-state index contributed by atoms with van der Waals surface area (Å²) < 4.78 is 22.0. The Morgan fingerprint density at radius 2 is 1.89 bits per heavy atom. The highest BCUT2D eigenvalue weighted by Gasteiger charge is 2.36. The van der Waals surface area contributed by atoms with Crippen LogP contribution in [0.3, 0.4) is 0 Å². The zero-order valence-corrected chi connectivity index (χ0v) is 16.6. The van der Waals surface area contributed by atoms with Crippen molar-refractivity contribution in [2.24, 2.45) is 11.8 Å². The van der Waals surface area contributed by atoms with Crippen LogP contribution in [0.25, 0.3) is 0 Å². The molecule has 152 valence electrons. The summed E-state index contributed by atoms with van der Waals surface area (Å²) in [4.78, 5) is 11.6. The van der Waals surface area contributed by atoms with Gasteiger partial charge < -0.3 is 18.9 Å². The molecule has 0 bridgehead atoms. The van der Waals surface area contributed by atoms with Gasteiger partial charge in [-0.3, -0.25) is 0 Å². The van der Waals surface area contributed by atoms with Crippen LogP contribution in [0.15, 0.2) is 24.3 Å². The van der Waals surface area contributed by atoms with E-state index in [0.717, 1.165) is 36.4 Å². The molecule has 0 saturated carbocycles. The van der Waals surface area contributed by atoms with Gasteiger partial charge in [0.15, 0.2) is 5.79 Å². The number of hydrazine groups is 1. The van der Waals surface area contributed by atoms with Gasteiger partial charge in [-0.15, -0.1) is 0 Å². The van der Waals surface area contributed by atoms with Crippen molar-refractivity contribution < 1.29 is 23.7 Å². The Bertz CT molecular complexity index is 572. The maximum Gasteiger partial charge on any atom is 0.428 e. The van der Waals surface area contributed by atoms with Crippen LogP contribution >= 0.6 is 0 Å². The predicted molar refractivity (Wildman–Crippen MR) is 104 cm³/mol. The van der Waals surface area contributed by atoms with Gasteiger partial charge in [0.1, 0.15) is 5.75 Å². The Hall–Kier alpha value is -1.83. The molecule has 0 radical (unpaired) electrons. The minimum Gasteiger partial charge on any atom is -0.494 e. The molecule has 1 unspecified atom stereocenters. The minimum absolute atomic E-state index is 0.284. The van der Waals surface area contributed by atoms with Crippen molar-refractivity contribution >= 4 is 11.8 Å². The molecule has 2 rings (SSSR count). The van der Waals surface area contributed by atoms with Crippen LogP contribution in [-0.4, -0.2) is 38.3 Å². The number of hydrogen-bond donors (Lipinski definition) is 1. The number of carbonyl (C=O) groups excluding carboxylic acids is 1. The number of ether oxygens (including phenoxy) is 4. The van der Waals surface area contributed by atoms with Crippen LogP contribution in [0, 0.1) is 5.92 Å². The van der Waals surface area contributed by atoms with Crippen molar-refractivity contribution in [3.8, 4) is 5.75 Å². The standard InChI is InChI=1S/C20H32N2O5/c1-4-24-19(23)22(21)17-9-11-18(12-10-17)25-13-7-5-6-8-16(2)20(3)26-14-15-27-20/h9-12,16H,4-8,13-15,21H2,1-3H3. The lowest BCUT2D eigenvalue weighted by Crippen LogP contribution is -2.37. The van der Waals surface area contributed by atoms with E-state index in [1.54, 1.807) is 31.2 Å². The average Bonchev–Trinajstić information content (AvgIpc) is 3.12. The molecule has 0 aliphatic carbocycles. The summed E-state index contributed by atoms with van der Waals surface area (Å²) in [6.07, 6.45) is 3.69. The molecule has 1 aliphatic rings. The molecule has 1 atom stereocenters. The van der Waals surface area contributed by atoms with Crippen LogP contribution < -0.4 is 15.6 Å². The van der Waals surface area contributed by atoms with Crippen molar-refractivity contribution in [1.82, 2.24) is 0 Å². The molecule has 1 aromatic rings. The van der Waals surface area contributed by atoms with E-state index < -0.39 is 11.9 Å². The first kappa shape index (κ1) is 21.5. The summed E-state index contributed by atoms with van der Waals surface area (Å²) in [5, 5.41) is 0.979. The summed E-state index contributed by atoms with van der Waals surface area (Å²) in [7, 11) is 0. The van der Waals surface area contributed by atoms with E-state index in [9.17, 15) is 4.79 Å². The maximum atomic E-state index is 11.6. The Labute approximate surface area is 161 Å². The molecule has 2 N–H and O–H groups in total. The van der Waals surface area contributed by atoms with Gasteiger partial charge in [0.25, 0.3) is 0 Å². The second kappa shape index (κ2) is 10.5. The van der Waals surface area contributed by atoms with Crippen LogP contribution in [0.1, 0.15) is 46.5 Å². The lowest BCUT2D eigenvalue weighted by molar-refractivity contribution is -0.178. The first-order valence-corrected chi connectivity index (χ1v) is 9.68. The highest BCUT2D eigenvalue weighted by atomic mass is 16.7. The largest absolute Gasteiger partial charge is 0.494 e. The number of nitrogens with two attached hydrogens (primary N) is 1. The number of unbranched alkanes of at least 4 members (excludes halogenated alkanes) is 2. The van der Waals surface area contributed by atoms with Gasteiger partial charge in [-0.25, -0.2) is 15.6 Å². The summed E-state index contributed by atoms with van der Waals surface area (Å²) in [5.41, 5.74) is 0.555. The third kappa shape index (κ3) is 6.37. The molecule has 1 amide bonds. The number of hydrogen-bond acceptors (Lipinski definition) is 6. The van der Waals surface area contributed by atoms with Crippen molar-refractivity contribution in [2.75, 3.05) is 31.4 Å². The molecular formula is C20H32N2O5. The summed E-state index contributed by atoms with van der Waals surface area (Å²) >= 11 is 0. The van der Waals surface area contributed by atoms with Gasteiger partial charge in [-0.2, -0.15) is 0 Å². The van der Waals surface area contributed by atoms with E-state index in [-0.39, 0.29) is 6.61 Å². The highest BCUT2D eigenvalue weighted by Crippen LogP contribution is 2.31. The molecular weight excluding hydrogens is 348 g/mol. The van der Waals surface area contributed by atoms with E-state index in [4.69, 9.17) is 24.8 Å². The summed E-state index contributed by atoms with van der Waals surface area (Å²) in [6, 6.07) is 7.06. The van der Waals surface area contributed by atoms with E-state index in [1.165, 1.54) is 0 Å². The number of amides is 1. The summed E-state index contributed by atoms with van der Waals surface area (Å²) in [5.74, 6) is 6.43. The van der Waals surface area contributed by atoms with Crippen molar-refractivity contribution in [1.29, 1.82) is 0 Å². The Morgan fingerprint density at radius 3 is 2.52 bits per heavy atom. The molecule has 1 saturated heterocycles. The fourth-order valence-electron chi connectivity index (χ4n) is 3.00. The van der Waals surface area contributed by atoms with Crippen LogP contribution in [0.5, 0.6) is 5.75 Å². The number of rotatable bonds is 10. The van der Waals surface area contributed by atoms with Crippen molar-refractivity contribution in [3.05, 3.63) is 24.3 Å². The van der Waals surface area contributed by atoms with Gasteiger partial charge >= 0.3 is 6.09 Å². The minimum atomic E-state index is -0.581. The smallest absolute Gasteiger partial charge is 0.428 e. The Balaban J connectivity index is 1.62. The van der Waals surface area contributed by atoms with Crippen molar-refractivity contribution in [2.45, 2.75) is 52.2 Å². The summed E-state index contributed by atoms with van der Waals surface area (Å²) in [6.45, 7) is 8.26. The zero-order valence-electron chi connectivity index (χ0n) is 16.6. The second-order valence-corrected chi connectivity index (χ2v) is 6.87. The first-order valence-electron chi connectivity index (χ1n) is 9.68. The number of benzene rings is 1. The monoisotopic (exact) mass is 380 g/mol. The molecule has 7 heteroatoms. The Morgan fingerprint density at radius 1 is 1.22 bits per heavy atom.